The van der Waals surface area contributed by atoms with Crippen LogP contribution in [-0.2, 0) is 32.7 Å². The molecule has 0 aromatic rings. The van der Waals surface area contributed by atoms with Crippen LogP contribution in [0.3, 0.4) is 0 Å². The van der Waals surface area contributed by atoms with Crippen molar-refractivity contribution in [1.82, 2.24) is 0 Å². The molecule has 0 heterocycles. The third kappa shape index (κ3) is 8.51. The maximum Gasteiger partial charge on any atom is 0.0245 e. The Kier molecular flexibility index (Phi) is 9.00. The van der Waals surface area contributed by atoms with Gasteiger partial charge in [-0.2, -0.15) is 0 Å². The van der Waals surface area contributed by atoms with E-state index in [1.54, 1.807) is 7.05 Å². The maximum absolute atomic E-state index is 3.91. The molecule has 49 valence electrons. The average molecular weight is 199 g/mol. The van der Waals surface area contributed by atoms with Crippen LogP contribution in [0.4, 0.5) is 0 Å². The summed E-state index contributed by atoms with van der Waals surface area (Å²) in [5.74, 6) is 0. The Balaban J connectivity index is 0. The molecule has 0 spiro atoms. The van der Waals surface area contributed by atoms with E-state index in [1.165, 1.54) is 5.57 Å². The molecule has 0 aromatic carbocycles. The summed E-state index contributed by atoms with van der Waals surface area (Å²) in [6.45, 7) is 5.95. The van der Waals surface area contributed by atoms with Crippen molar-refractivity contribution in [3.05, 3.63) is 11.6 Å². The summed E-state index contributed by atoms with van der Waals surface area (Å²) in [5, 5.41) is 0. The topological polar surface area (TPSA) is 12.4 Å². The molecule has 2 heteroatoms. The molecule has 1 radical (unpaired) electrons. The van der Waals surface area contributed by atoms with E-state index in [2.05, 4.69) is 11.1 Å². The summed E-state index contributed by atoms with van der Waals surface area (Å²) in [4.78, 5) is 3.91. The van der Waals surface area contributed by atoms with Crippen molar-refractivity contribution < 1.29 is 32.7 Å². The normalized spacial score (nSPS) is 10.0. The van der Waals surface area contributed by atoms with Gasteiger partial charge in [0.1, 0.15) is 0 Å². The van der Waals surface area contributed by atoms with E-state index in [1.807, 2.05) is 20.8 Å². The first-order valence-corrected chi connectivity index (χ1v) is 2.67. The summed E-state index contributed by atoms with van der Waals surface area (Å²) in [6, 6.07) is 0. The molecular formula is C7H12NY-. The van der Waals surface area contributed by atoms with Gasteiger partial charge in [-0.1, -0.05) is 20.8 Å². The molecule has 0 bridgehead atoms. The molecule has 0 saturated carbocycles. The summed E-state index contributed by atoms with van der Waals surface area (Å²) in [5.41, 5.74) is 2.14. The second kappa shape index (κ2) is 6.63. The molecule has 0 aliphatic rings. The van der Waals surface area contributed by atoms with Gasteiger partial charge in [0.15, 0.2) is 0 Å². The average Bonchev–Trinajstić information content (AvgIpc) is 1.65. The Morgan fingerprint density at radius 2 is 1.67 bits per heavy atom. The van der Waals surface area contributed by atoms with Gasteiger partial charge in [-0.05, 0) is 0 Å². The van der Waals surface area contributed by atoms with Crippen molar-refractivity contribution in [2.75, 3.05) is 7.05 Å². The number of hydrogen-bond acceptors (Lipinski definition) is 1. The molecule has 9 heavy (non-hydrogen) atoms. The van der Waals surface area contributed by atoms with Crippen molar-refractivity contribution in [3.63, 3.8) is 0 Å². The molecular weight excluding hydrogens is 187 g/mol. The van der Waals surface area contributed by atoms with E-state index in [0.29, 0.717) is 0 Å². The van der Waals surface area contributed by atoms with Crippen molar-refractivity contribution in [2.24, 2.45) is 4.99 Å². The third-order valence-electron chi connectivity index (χ3n) is 0.766. The van der Waals surface area contributed by atoms with Crippen molar-refractivity contribution in [1.29, 1.82) is 0 Å². The Hall–Kier alpha value is 0.514. The fourth-order valence-electron chi connectivity index (χ4n) is 0.418. The van der Waals surface area contributed by atoms with Crippen LogP contribution in [0, 0.1) is 6.08 Å². The zero-order valence-corrected chi connectivity index (χ0v) is 9.36. The van der Waals surface area contributed by atoms with Crippen LogP contribution in [0.5, 0.6) is 0 Å². The Bertz CT molecular complexity index is 121. The molecule has 0 aliphatic heterocycles. The molecule has 0 amide bonds. The predicted molar refractivity (Wildman–Crippen MR) is 37.1 cm³/mol. The van der Waals surface area contributed by atoms with Gasteiger partial charge < -0.3 is 11.1 Å². The Morgan fingerprint density at radius 1 is 1.22 bits per heavy atom. The van der Waals surface area contributed by atoms with Crippen LogP contribution in [0.1, 0.15) is 20.8 Å². The van der Waals surface area contributed by atoms with Crippen LogP contribution in [0.25, 0.3) is 0 Å². The van der Waals surface area contributed by atoms with Crippen LogP contribution in [0.15, 0.2) is 10.6 Å². The minimum absolute atomic E-state index is 0. The largest absolute Gasteiger partial charge is 0.452 e. The van der Waals surface area contributed by atoms with Gasteiger partial charge in [-0.15, -0.1) is 5.71 Å². The fraction of sp³-hybridized carbons (Fsp3) is 0.571. The van der Waals surface area contributed by atoms with Gasteiger partial charge in [-0.3, -0.25) is 5.57 Å². The molecule has 1 nitrogen and oxygen atoms in total. The number of nitrogens with zero attached hydrogens (tertiary/aromatic N) is 1. The standard InChI is InChI=1S/C7H12N.Y/c1-6(2)5-7(3)8-4;/h1-4H3;/q-1;. The monoisotopic (exact) mass is 199 g/mol. The van der Waals surface area contributed by atoms with Crippen molar-refractivity contribution >= 4 is 5.71 Å². The van der Waals surface area contributed by atoms with Gasteiger partial charge in [0.2, 0.25) is 0 Å². The van der Waals surface area contributed by atoms with Crippen LogP contribution in [-0.4, -0.2) is 12.8 Å². The second-order valence-electron chi connectivity index (χ2n) is 1.93. The summed E-state index contributed by atoms with van der Waals surface area (Å²) >= 11 is 0. The first-order chi connectivity index (χ1) is 3.66. The van der Waals surface area contributed by atoms with E-state index < -0.39 is 0 Å². The molecule has 0 aliphatic carbocycles. The van der Waals surface area contributed by atoms with E-state index in [-0.39, 0.29) is 32.7 Å². The van der Waals surface area contributed by atoms with Crippen LogP contribution >= 0.6 is 0 Å². The first-order valence-electron chi connectivity index (χ1n) is 2.67. The number of allylic oxidation sites excluding steroid dienone is 2. The zero-order chi connectivity index (χ0) is 6.57. The van der Waals surface area contributed by atoms with E-state index in [9.17, 15) is 0 Å². The molecule has 0 unspecified atom stereocenters. The predicted octanol–water partition coefficient (Wildman–Crippen LogP) is 1.84. The van der Waals surface area contributed by atoms with Crippen LogP contribution < -0.4 is 0 Å². The molecule has 0 N–H and O–H groups in total. The fourth-order valence-corrected chi connectivity index (χ4v) is 0.418. The molecule has 0 rings (SSSR count). The van der Waals surface area contributed by atoms with Gasteiger partial charge in [0.05, 0.1) is 0 Å². The van der Waals surface area contributed by atoms with Gasteiger partial charge in [-0.25, -0.2) is 0 Å². The molecule has 0 atom stereocenters. The first kappa shape index (κ1) is 12.2. The smallest absolute Gasteiger partial charge is 0.0245 e. The van der Waals surface area contributed by atoms with Gasteiger partial charge >= 0.3 is 0 Å². The number of aliphatic imine (C=N–C) groups is 1. The summed E-state index contributed by atoms with van der Waals surface area (Å²) < 4.78 is 0. The number of hydrogen-bond donors (Lipinski definition) is 0. The van der Waals surface area contributed by atoms with Crippen molar-refractivity contribution in [2.45, 2.75) is 20.8 Å². The number of rotatable bonds is 1. The van der Waals surface area contributed by atoms with E-state index >= 15 is 0 Å². The van der Waals surface area contributed by atoms with Crippen molar-refractivity contribution in [3.8, 4) is 0 Å². The van der Waals surface area contributed by atoms with E-state index in [4.69, 9.17) is 0 Å². The molecule has 0 fully saturated rings. The quantitative estimate of drug-likeness (QED) is 0.451. The second-order valence-corrected chi connectivity index (χ2v) is 1.93. The summed E-state index contributed by atoms with van der Waals surface area (Å²) in [7, 11) is 1.77. The summed E-state index contributed by atoms with van der Waals surface area (Å²) in [6.07, 6.45) is 3.06. The SMILES string of the molecule is CN=C(C)[C-]=C(C)C.[Y]. The van der Waals surface area contributed by atoms with E-state index in [0.717, 1.165) is 5.71 Å². The third-order valence-corrected chi connectivity index (χ3v) is 0.766. The molecule has 0 aromatic heterocycles. The minimum atomic E-state index is 0. The van der Waals surface area contributed by atoms with Gasteiger partial charge in [0.25, 0.3) is 0 Å². The van der Waals surface area contributed by atoms with Gasteiger partial charge in [0, 0.05) is 39.8 Å². The maximum atomic E-state index is 3.91. The van der Waals surface area contributed by atoms with Crippen LogP contribution in [0.2, 0.25) is 0 Å². The Labute approximate surface area is 82.5 Å². The zero-order valence-electron chi connectivity index (χ0n) is 6.52. The molecule has 0 saturated heterocycles. The Morgan fingerprint density at radius 3 is 1.78 bits per heavy atom. The minimum Gasteiger partial charge on any atom is -0.452 e.